The van der Waals surface area contributed by atoms with E-state index in [0.29, 0.717) is 12.4 Å². The number of methoxy groups -OCH3 is 1. The molecule has 19 heavy (non-hydrogen) atoms. The van der Waals surface area contributed by atoms with Gasteiger partial charge in [0.1, 0.15) is 11.6 Å². The zero-order valence-corrected chi connectivity index (χ0v) is 11.0. The number of hydrogen-bond donors (Lipinski definition) is 1. The average Bonchev–Trinajstić information content (AvgIpc) is 2.64. The van der Waals surface area contributed by atoms with Crippen LogP contribution in [0.15, 0.2) is 18.2 Å². The van der Waals surface area contributed by atoms with Crippen LogP contribution in [0, 0.1) is 18.6 Å². The maximum Gasteiger partial charge on any atom is 0.216 e. The van der Waals surface area contributed by atoms with E-state index in [1.54, 1.807) is 18.8 Å². The molecule has 0 bridgehead atoms. The molecule has 0 atom stereocenters. The maximum absolute atomic E-state index is 13.5. The minimum absolute atomic E-state index is 0.116. The Labute approximate surface area is 110 Å². The molecule has 0 aliphatic carbocycles. The zero-order chi connectivity index (χ0) is 14.0. The second kappa shape index (κ2) is 5.26. The molecule has 0 amide bonds. The lowest BCUT2D eigenvalue weighted by molar-refractivity contribution is 0.369. The van der Waals surface area contributed by atoms with Gasteiger partial charge in [0, 0.05) is 13.6 Å². The van der Waals surface area contributed by atoms with E-state index in [-0.39, 0.29) is 5.69 Å². The Morgan fingerprint density at radius 2 is 2.11 bits per heavy atom. The highest BCUT2D eigenvalue weighted by atomic mass is 19.1. The Balaban J connectivity index is 2.21. The average molecular weight is 267 g/mol. The molecule has 1 N–H and O–H groups in total. The fourth-order valence-electron chi connectivity index (χ4n) is 1.96. The van der Waals surface area contributed by atoms with E-state index in [0.717, 1.165) is 29.5 Å². The van der Waals surface area contributed by atoms with Crippen LogP contribution in [0.25, 0.3) is 0 Å². The first-order valence-corrected chi connectivity index (χ1v) is 5.78. The van der Waals surface area contributed by atoms with Crippen molar-refractivity contribution in [3.8, 4) is 5.88 Å². The maximum atomic E-state index is 13.5. The summed E-state index contributed by atoms with van der Waals surface area (Å²) in [7, 11) is 3.31. The summed E-state index contributed by atoms with van der Waals surface area (Å²) in [6, 6.07) is 3.29. The van der Waals surface area contributed by atoms with E-state index in [2.05, 4.69) is 10.4 Å². The lowest BCUT2D eigenvalue weighted by atomic mass is 10.2. The van der Waals surface area contributed by atoms with E-state index in [1.165, 1.54) is 0 Å². The molecular formula is C13H15F2N3O. The standard InChI is InChI=1S/C13H15F2N3O/c1-8-10(13(19-3)18(2)17-8)7-16-12-6-9(14)4-5-11(12)15/h4-6,16H,7H2,1-3H3. The number of anilines is 1. The summed E-state index contributed by atoms with van der Waals surface area (Å²) in [6.07, 6.45) is 0. The molecule has 2 aromatic rings. The molecule has 0 spiro atoms. The first kappa shape index (κ1) is 13.3. The van der Waals surface area contributed by atoms with Crippen molar-refractivity contribution in [3.05, 3.63) is 41.1 Å². The molecule has 6 heteroatoms. The molecule has 1 heterocycles. The second-order valence-electron chi connectivity index (χ2n) is 4.17. The van der Waals surface area contributed by atoms with E-state index in [9.17, 15) is 8.78 Å². The van der Waals surface area contributed by atoms with Crippen LogP contribution in [-0.2, 0) is 13.6 Å². The van der Waals surface area contributed by atoms with Crippen molar-refractivity contribution in [2.75, 3.05) is 12.4 Å². The quantitative estimate of drug-likeness (QED) is 0.925. The Morgan fingerprint density at radius 3 is 2.79 bits per heavy atom. The molecule has 1 aromatic carbocycles. The Bertz CT molecular complexity index is 596. The highest BCUT2D eigenvalue weighted by molar-refractivity contribution is 5.46. The number of hydrogen-bond acceptors (Lipinski definition) is 3. The summed E-state index contributed by atoms with van der Waals surface area (Å²) in [5, 5.41) is 7.07. The van der Waals surface area contributed by atoms with E-state index < -0.39 is 11.6 Å². The second-order valence-corrected chi connectivity index (χ2v) is 4.17. The van der Waals surface area contributed by atoms with Gasteiger partial charge >= 0.3 is 0 Å². The van der Waals surface area contributed by atoms with Crippen molar-refractivity contribution in [1.82, 2.24) is 9.78 Å². The fraction of sp³-hybridized carbons (Fsp3) is 0.308. The minimum Gasteiger partial charge on any atom is -0.481 e. The van der Waals surface area contributed by atoms with Gasteiger partial charge in [0.05, 0.1) is 24.1 Å². The van der Waals surface area contributed by atoms with Crippen LogP contribution in [0.3, 0.4) is 0 Å². The molecule has 0 fully saturated rings. The highest BCUT2D eigenvalue weighted by Crippen LogP contribution is 2.23. The summed E-state index contributed by atoms with van der Waals surface area (Å²) in [6.45, 7) is 2.14. The molecule has 0 aliphatic rings. The molecule has 1 aromatic heterocycles. The van der Waals surface area contributed by atoms with Gasteiger partial charge in [-0.15, -0.1) is 0 Å². The van der Waals surface area contributed by atoms with E-state index >= 15 is 0 Å². The van der Waals surface area contributed by atoms with Gasteiger partial charge in [-0.05, 0) is 25.1 Å². The van der Waals surface area contributed by atoms with Crippen molar-refractivity contribution in [2.45, 2.75) is 13.5 Å². The van der Waals surface area contributed by atoms with Gasteiger partial charge < -0.3 is 10.1 Å². The Morgan fingerprint density at radius 1 is 1.37 bits per heavy atom. The molecule has 102 valence electrons. The topological polar surface area (TPSA) is 39.1 Å². The first-order valence-electron chi connectivity index (χ1n) is 5.78. The van der Waals surface area contributed by atoms with Crippen molar-refractivity contribution in [1.29, 1.82) is 0 Å². The Kier molecular flexibility index (Phi) is 3.69. The van der Waals surface area contributed by atoms with Crippen LogP contribution in [0.2, 0.25) is 0 Å². The number of nitrogens with zero attached hydrogens (tertiary/aromatic N) is 2. The third-order valence-electron chi connectivity index (χ3n) is 2.87. The zero-order valence-electron chi connectivity index (χ0n) is 11.0. The first-order chi connectivity index (χ1) is 9.02. The summed E-state index contributed by atoms with van der Waals surface area (Å²) in [5.41, 5.74) is 1.71. The molecular weight excluding hydrogens is 252 g/mol. The predicted octanol–water partition coefficient (Wildman–Crippen LogP) is 2.63. The largest absolute Gasteiger partial charge is 0.481 e. The summed E-state index contributed by atoms with van der Waals surface area (Å²) in [4.78, 5) is 0. The normalized spacial score (nSPS) is 10.6. The van der Waals surface area contributed by atoms with Crippen LogP contribution in [0.5, 0.6) is 5.88 Å². The number of benzene rings is 1. The molecule has 0 saturated carbocycles. The number of rotatable bonds is 4. The number of ether oxygens (including phenoxy) is 1. The van der Waals surface area contributed by atoms with Crippen LogP contribution in [0.1, 0.15) is 11.3 Å². The number of halogens is 2. The monoisotopic (exact) mass is 267 g/mol. The van der Waals surface area contributed by atoms with Crippen molar-refractivity contribution in [2.24, 2.45) is 7.05 Å². The lowest BCUT2D eigenvalue weighted by Crippen LogP contribution is -2.04. The molecule has 4 nitrogen and oxygen atoms in total. The number of nitrogens with one attached hydrogen (secondary N) is 1. The van der Waals surface area contributed by atoms with Crippen molar-refractivity contribution >= 4 is 5.69 Å². The van der Waals surface area contributed by atoms with Gasteiger partial charge in [-0.2, -0.15) is 5.10 Å². The summed E-state index contributed by atoms with van der Waals surface area (Å²) >= 11 is 0. The van der Waals surface area contributed by atoms with Gasteiger partial charge in [-0.3, -0.25) is 0 Å². The minimum atomic E-state index is -0.498. The molecule has 2 rings (SSSR count). The Hall–Kier alpha value is -2.11. The molecule has 0 aliphatic heterocycles. The summed E-state index contributed by atoms with van der Waals surface area (Å²) < 4.78 is 33.4. The van der Waals surface area contributed by atoms with E-state index in [1.807, 2.05) is 6.92 Å². The van der Waals surface area contributed by atoms with Gasteiger partial charge in [-0.1, -0.05) is 0 Å². The van der Waals surface area contributed by atoms with Crippen LogP contribution in [-0.4, -0.2) is 16.9 Å². The number of aryl methyl sites for hydroxylation is 2. The van der Waals surface area contributed by atoms with Crippen LogP contribution >= 0.6 is 0 Å². The van der Waals surface area contributed by atoms with E-state index in [4.69, 9.17) is 4.74 Å². The van der Waals surface area contributed by atoms with Crippen molar-refractivity contribution < 1.29 is 13.5 Å². The smallest absolute Gasteiger partial charge is 0.216 e. The molecule has 0 saturated heterocycles. The van der Waals surface area contributed by atoms with Gasteiger partial charge in [-0.25, -0.2) is 13.5 Å². The SMILES string of the molecule is COc1c(CNc2cc(F)ccc2F)c(C)nn1C. The van der Waals surface area contributed by atoms with Crippen molar-refractivity contribution in [3.63, 3.8) is 0 Å². The van der Waals surface area contributed by atoms with Gasteiger partial charge in [0.2, 0.25) is 5.88 Å². The summed E-state index contributed by atoms with van der Waals surface area (Å²) in [5.74, 6) is -0.387. The third kappa shape index (κ3) is 2.67. The predicted molar refractivity (Wildman–Crippen MR) is 68.2 cm³/mol. The highest BCUT2D eigenvalue weighted by Gasteiger charge is 2.14. The van der Waals surface area contributed by atoms with Crippen LogP contribution < -0.4 is 10.1 Å². The number of aromatic nitrogens is 2. The fourth-order valence-corrected chi connectivity index (χ4v) is 1.96. The van der Waals surface area contributed by atoms with Gasteiger partial charge in [0.25, 0.3) is 0 Å². The molecule has 0 radical (unpaired) electrons. The lowest BCUT2D eigenvalue weighted by Gasteiger charge is -2.09. The van der Waals surface area contributed by atoms with Crippen LogP contribution in [0.4, 0.5) is 14.5 Å². The third-order valence-corrected chi connectivity index (χ3v) is 2.87. The van der Waals surface area contributed by atoms with Gasteiger partial charge in [0.15, 0.2) is 0 Å². The molecule has 0 unspecified atom stereocenters.